The van der Waals surface area contributed by atoms with E-state index < -0.39 is 0 Å². The van der Waals surface area contributed by atoms with Crippen LogP contribution in [0.1, 0.15) is 5.69 Å². The minimum Gasteiger partial charge on any atom is -0.444 e. The lowest BCUT2D eigenvalue weighted by Crippen LogP contribution is -2.43. The Balaban J connectivity index is 1.59. The Labute approximate surface area is 121 Å². The predicted octanol–water partition coefficient (Wildman–Crippen LogP) is 3.45. The maximum Gasteiger partial charge on any atom is 0.226 e. The van der Waals surface area contributed by atoms with E-state index >= 15 is 0 Å². The highest BCUT2D eigenvalue weighted by atomic mass is 35.5. The summed E-state index contributed by atoms with van der Waals surface area (Å²) in [4.78, 5) is 4.50. The lowest BCUT2D eigenvalue weighted by atomic mass is 10.1. The van der Waals surface area contributed by atoms with Gasteiger partial charge >= 0.3 is 0 Å². The molecule has 1 aliphatic rings. The second kappa shape index (κ2) is 5.99. The van der Waals surface area contributed by atoms with Crippen molar-refractivity contribution in [2.75, 3.05) is 18.8 Å². The molecule has 0 unspecified atom stereocenters. The average molecular weight is 295 g/mol. The van der Waals surface area contributed by atoms with Crippen LogP contribution in [0, 0.1) is 5.92 Å². The molecular weight excluding hydrogens is 280 g/mol. The van der Waals surface area contributed by atoms with Crippen LogP contribution in [0.25, 0.3) is 11.5 Å². The fourth-order valence-corrected chi connectivity index (χ4v) is 3.14. The van der Waals surface area contributed by atoms with Gasteiger partial charge in [-0.2, -0.15) is 11.8 Å². The van der Waals surface area contributed by atoms with E-state index in [-0.39, 0.29) is 0 Å². The molecule has 2 heterocycles. The van der Waals surface area contributed by atoms with Gasteiger partial charge in [-0.25, -0.2) is 4.98 Å². The third kappa shape index (κ3) is 3.32. The van der Waals surface area contributed by atoms with Crippen molar-refractivity contribution in [3.8, 4) is 11.5 Å². The number of thioether (sulfide) groups is 1. The largest absolute Gasteiger partial charge is 0.444 e. The molecule has 1 aliphatic heterocycles. The molecule has 3 nitrogen and oxygen atoms in total. The standard InChI is InChI=1S/C14H15ClN2OS/c15-12-3-1-2-11(4-12)14-17-13(7-18-14)9-19-8-10-5-16-6-10/h1-4,7,10,16H,5-6,8-9H2. The summed E-state index contributed by atoms with van der Waals surface area (Å²) in [6.07, 6.45) is 1.74. The van der Waals surface area contributed by atoms with E-state index in [4.69, 9.17) is 16.0 Å². The first kappa shape index (κ1) is 13.0. The fraction of sp³-hybridized carbons (Fsp3) is 0.357. The summed E-state index contributed by atoms with van der Waals surface area (Å²) < 4.78 is 5.51. The molecule has 0 radical (unpaired) electrons. The van der Waals surface area contributed by atoms with Crippen molar-refractivity contribution in [2.24, 2.45) is 5.92 Å². The van der Waals surface area contributed by atoms with Crippen molar-refractivity contribution in [3.05, 3.63) is 41.2 Å². The molecule has 0 amide bonds. The van der Waals surface area contributed by atoms with Crippen LogP contribution in [0.4, 0.5) is 0 Å². The molecule has 5 heteroatoms. The number of hydrogen-bond donors (Lipinski definition) is 1. The van der Waals surface area contributed by atoms with Crippen LogP contribution in [-0.4, -0.2) is 23.8 Å². The van der Waals surface area contributed by atoms with Gasteiger partial charge in [0.1, 0.15) is 6.26 Å². The molecule has 1 saturated heterocycles. The number of nitrogens with one attached hydrogen (secondary N) is 1. The van der Waals surface area contributed by atoms with Gasteiger partial charge in [0.2, 0.25) is 5.89 Å². The first-order chi connectivity index (χ1) is 9.31. The first-order valence-corrected chi connectivity index (χ1v) is 7.83. The summed E-state index contributed by atoms with van der Waals surface area (Å²) in [6, 6.07) is 7.57. The van der Waals surface area contributed by atoms with Crippen LogP contribution in [0.15, 0.2) is 34.9 Å². The van der Waals surface area contributed by atoms with Crippen LogP contribution >= 0.6 is 23.4 Å². The van der Waals surface area contributed by atoms with E-state index in [0.717, 1.165) is 36.0 Å². The molecular formula is C14H15ClN2OS. The van der Waals surface area contributed by atoms with Gasteiger partial charge in [0.25, 0.3) is 0 Å². The summed E-state index contributed by atoms with van der Waals surface area (Å²) in [5, 5.41) is 3.98. The Hall–Kier alpha value is -0.970. The number of benzene rings is 1. The van der Waals surface area contributed by atoms with Gasteiger partial charge in [-0.3, -0.25) is 0 Å². The Morgan fingerprint density at radius 3 is 3.05 bits per heavy atom. The van der Waals surface area contributed by atoms with Crippen molar-refractivity contribution in [2.45, 2.75) is 5.75 Å². The van der Waals surface area contributed by atoms with Crippen LogP contribution in [0.3, 0.4) is 0 Å². The third-order valence-corrected chi connectivity index (χ3v) is 4.53. The van der Waals surface area contributed by atoms with Crippen molar-refractivity contribution >= 4 is 23.4 Å². The number of halogens is 1. The predicted molar refractivity (Wildman–Crippen MR) is 79.5 cm³/mol. The minimum absolute atomic E-state index is 0.642. The SMILES string of the molecule is Clc1cccc(-c2nc(CSCC3CNC3)co2)c1. The molecule has 3 rings (SSSR count). The minimum atomic E-state index is 0.642. The van der Waals surface area contributed by atoms with Crippen molar-refractivity contribution in [1.29, 1.82) is 0 Å². The number of hydrogen-bond acceptors (Lipinski definition) is 4. The molecule has 0 aliphatic carbocycles. The Morgan fingerprint density at radius 2 is 2.32 bits per heavy atom. The molecule has 1 N–H and O–H groups in total. The molecule has 1 fully saturated rings. The number of nitrogens with zero attached hydrogens (tertiary/aromatic N) is 1. The Kier molecular flexibility index (Phi) is 4.11. The average Bonchev–Trinajstić information content (AvgIpc) is 2.81. The lowest BCUT2D eigenvalue weighted by Gasteiger charge is -2.26. The van der Waals surface area contributed by atoms with Crippen molar-refractivity contribution in [1.82, 2.24) is 10.3 Å². The number of oxazole rings is 1. The summed E-state index contributed by atoms with van der Waals surface area (Å²) in [6.45, 7) is 2.30. The monoisotopic (exact) mass is 294 g/mol. The smallest absolute Gasteiger partial charge is 0.226 e. The molecule has 0 atom stereocenters. The second-order valence-corrected chi connectivity index (χ2v) is 6.16. The van der Waals surface area contributed by atoms with E-state index in [2.05, 4.69) is 10.3 Å². The summed E-state index contributed by atoms with van der Waals surface area (Å²) in [7, 11) is 0. The number of rotatable bonds is 5. The fourth-order valence-electron chi connectivity index (χ4n) is 1.92. The Morgan fingerprint density at radius 1 is 1.42 bits per heavy atom. The lowest BCUT2D eigenvalue weighted by molar-refractivity contribution is 0.385. The van der Waals surface area contributed by atoms with Gasteiger partial charge in [0.15, 0.2) is 0 Å². The van der Waals surface area contributed by atoms with Crippen molar-refractivity contribution < 1.29 is 4.42 Å². The quantitative estimate of drug-likeness (QED) is 0.916. The highest BCUT2D eigenvalue weighted by Crippen LogP contribution is 2.24. The molecule has 0 spiro atoms. The highest BCUT2D eigenvalue weighted by Gasteiger charge is 2.16. The van der Waals surface area contributed by atoms with Gasteiger partial charge in [0, 0.05) is 16.3 Å². The van der Waals surface area contributed by atoms with Crippen LogP contribution in [-0.2, 0) is 5.75 Å². The summed E-state index contributed by atoms with van der Waals surface area (Å²) in [5.74, 6) is 3.56. The molecule has 2 aromatic rings. The zero-order chi connectivity index (χ0) is 13.1. The van der Waals surface area contributed by atoms with Crippen LogP contribution < -0.4 is 5.32 Å². The normalized spacial score (nSPS) is 15.4. The molecule has 0 saturated carbocycles. The molecule has 0 bridgehead atoms. The van der Waals surface area contributed by atoms with Crippen LogP contribution in [0.5, 0.6) is 0 Å². The van der Waals surface area contributed by atoms with Gasteiger partial charge in [-0.1, -0.05) is 17.7 Å². The molecule has 100 valence electrons. The zero-order valence-corrected chi connectivity index (χ0v) is 12.0. The maximum absolute atomic E-state index is 5.96. The van der Waals surface area contributed by atoms with E-state index in [9.17, 15) is 0 Å². The maximum atomic E-state index is 5.96. The van der Waals surface area contributed by atoms with E-state index in [1.54, 1.807) is 6.26 Å². The first-order valence-electron chi connectivity index (χ1n) is 6.30. The summed E-state index contributed by atoms with van der Waals surface area (Å²) in [5.41, 5.74) is 1.92. The van der Waals surface area contributed by atoms with Gasteiger partial charge in [0.05, 0.1) is 5.69 Å². The molecule has 1 aromatic heterocycles. The molecule has 19 heavy (non-hydrogen) atoms. The summed E-state index contributed by atoms with van der Waals surface area (Å²) >= 11 is 7.88. The number of aromatic nitrogens is 1. The van der Waals surface area contributed by atoms with E-state index in [1.165, 1.54) is 5.75 Å². The topological polar surface area (TPSA) is 38.1 Å². The van der Waals surface area contributed by atoms with Gasteiger partial charge < -0.3 is 9.73 Å². The van der Waals surface area contributed by atoms with Gasteiger partial charge in [-0.15, -0.1) is 0 Å². The van der Waals surface area contributed by atoms with Crippen molar-refractivity contribution in [3.63, 3.8) is 0 Å². The second-order valence-electron chi connectivity index (χ2n) is 4.69. The van der Waals surface area contributed by atoms with E-state index in [1.807, 2.05) is 36.0 Å². The van der Waals surface area contributed by atoms with Crippen LogP contribution in [0.2, 0.25) is 5.02 Å². The van der Waals surface area contributed by atoms with E-state index in [0.29, 0.717) is 10.9 Å². The highest BCUT2D eigenvalue weighted by molar-refractivity contribution is 7.98. The Bertz CT molecular complexity index is 554. The molecule has 1 aromatic carbocycles. The zero-order valence-electron chi connectivity index (χ0n) is 10.4. The third-order valence-electron chi connectivity index (χ3n) is 3.09. The van der Waals surface area contributed by atoms with Gasteiger partial charge in [-0.05, 0) is 43.0 Å².